The Balaban J connectivity index is 1.90. The van der Waals surface area contributed by atoms with Gasteiger partial charge in [0.15, 0.2) is 11.5 Å². The molecular weight excluding hydrogens is 388 g/mol. The van der Waals surface area contributed by atoms with Crippen LogP contribution in [0.4, 0.5) is 0 Å². The number of fused-ring (bicyclic) bond motifs is 1. The molecule has 0 spiro atoms. The van der Waals surface area contributed by atoms with Crippen LogP contribution in [0.15, 0.2) is 42.5 Å². The zero-order valence-electron chi connectivity index (χ0n) is 17.0. The second-order valence-corrected chi connectivity index (χ2v) is 7.58. The van der Waals surface area contributed by atoms with Gasteiger partial charge in [0.2, 0.25) is 5.91 Å². The molecule has 1 aliphatic rings. The van der Waals surface area contributed by atoms with Crippen LogP contribution in [0.1, 0.15) is 37.3 Å². The molecular formula is C23H29ClN2O3. The quantitative estimate of drug-likeness (QED) is 0.801. The third kappa shape index (κ3) is 6.38. The number of amides is 1. The summed E-state index contributed by atoms with van der Waals surface area (Å²) in [5, 5.41) is 3.73. The number of halogens is 1. The van der Waals surface area contributed by atoms with Gasteiger partial charge in [-0.15, -0.1) is 0 Å². The molecule has 0 bridgehead atoms. The minimum Gasteiger partial charge on any atom is -0.490 e. The van der Waals surface area contributed by atoms with E-state index >= 15 is 0 Å². The van der Waals surface area contributed by atoms with Gasteiger partial charge in [-0.1, -0.05) is 41.9 Å². The van der Waals surface area contributed by atoms with Gasteiger partial charge in [0.25, 0.3) is 0 Å². The van der Waals surface area contributed by atoms with Crippen LogP contribution in [0.5, 0.6) is 11.5 Å². The van der Waals surface area contributed by atoms with Crippen molar-refractivity contribution >= 4 is 17.5 Å². The predicted molar refractivity (Wildman–Crippen MR) is 116 cm³/mol. The van der Waals surface area contributed by atoms with Gasteiger partial charge in [-0.05, 0) is 43.9 Å². The Kier molecular flexibility index (Phi) is 8.20. The van der Waals surface area contributed by atoms with Crippen LogP contribution < -0.4 is 14.8 Å². The lowest BCUT2D eigenvalue weighted by Crippen LogP contribution is -2.37. The number of hydrogen-bond acceptors (Lipinski definition) is 4. The molecule has 6 heteroatoms. The van der Waals surface area contributed by atoms with Crippen LogP contribution in [0.2, 0.25) is 5.02 Å². The molecule has 29 heavy (non-hydrogen) atoms. The Morgan fingerprint density at radius 3 is 2.79 bits per heavy atom. The molecule has 2 aromatic carbocycles. The summed E-state index contributed by atoms with van der Waals surface area (Å²) in [6.45, 7) is 5.30. The molecule has 1 amide bonds. The molecule has 0 atom stereocenters. The number of para-hydroxylation sites is 1. The van der Waals surface area contributed by atoms with E-state index < -0.39 is 0 Å². The van der Waals surface area contributed by atoms with Crippen molar-refractivity contribution in [3.8, 4) is 11.5 Å². The maximum absolute atomic E-state index is 12.5. The molecule has 3 rings (SSSR count). The van der Waals surface area contributed by atoms with Crippen molar-refractivity contribution in [1.29, 1.82) is 0 Å². The first-order valence-corrected chi connectivity index (χ1v) is 10.6. The lowest BCUT2D eigenvalue weighted by molar-refractivity contribution is -0.122. The smallest absolute Gasteiger partial charge is 0.234 e. The summed E-state index contributed by atoms with van der Waals surface area (Å²) in [7, 11) is 0. The van der Waals surface area contributed by atoms with Crippen LogP contribution in [0.3, 0.4) is 0 Å². The SMILES string of the molecule is CCOc1cccc2c1OCCCCCNC(=O)CN(Cc1ccccc1Cl)C2. The van der Waals surface area contributed by atoms with E-state index in [-0.39, 0.29) is 5.91 Å². The Hall–Kier alpha value is -2.24. The number of hydrogen-bond donors (Lipinski definition) is 1. The highest BCUT2D eigenvalue weighted by molar-refractivity contribution is 6.31. The van der Waals surface area contributed by atoms with Crippen molar-refractivity contribution in [2.24, 2.45) is 0 Å². The molecule has 1 aliphatic heterocycles. The molecule has 0 aromatic heterocycles. The van der Waals surface area contributed by atoms with Gasteiger partial charge in [-0.2, -0.15) is 0 Å². The Morgan fingerprint density at radius 2 is 1.97 bits per heavy atom. The average molecular weight is 417 g/mol. The standard InChI is InChI=1S/C23H29ClN2O3/c1-2-28-21-12-8-10-19-16-26(15-18-9-4-5-11-20(18)24)17-22(27)25-13-6-3-7-14-29-23(19)21/h4-5,8-12H,2-3,6-7,13-17H2,1H3,(H,25,27). The molecule has 0 unspecified atom stereocenters. The third-order valence-corrected chi connectivity index (χ3v) is 5.23. The van der Waals surface area contributed by atoms with E-state index in [2.05, 4.69) is 10.2 Å². The van der Waals surface area contributed by atoms with Crippen molar-refractivity contribution in [3.05, 3.63) is 58.6 Å². The number of nitrogens with zero attached hydrogens (tertiary/aromatic N) is 1. The monoisotopic (exact) mass is 416 g/mol. The minimum absolute atomic E-state index is 0.0275. The van der Waals surface area contributed by atoms with Gasteiger partial charge >= 0.3 is 0 Å². The first-order chi connectivity index (χ1) is 14.2. The van der Waals surface area contributed by atoms with Crippen molar-refractivity contribution < 1.29 is 14.3 Å². The highest BCUT2D eigenvalue weighted by Crippen LogP contribution is 2.33. The van der Waals surface area contributed by atoms with E-state index in [0.717, 1.165) is 41.9 Å². The van der Waals surface area contributed by atoms with Crippen molar-refractivity contribution in [3.63, 3.8) is 0 Å². The number of carbonyl (C=O) groups is 1. The highest BCUT2D eigenvalue weighted by Gasteiger charge is 2.18. The van der Waals surface area contributed by atoms with Gasteiger partial charge in [0.05, 0.1) is 19.8 Å². The van der Waals surface area contributed by atoms with Gasteiger partial charge in [-0.3, -0.25) is 9.69 Å². The predicted octanol–water partition coefficient (Wildman–Crippen LogP) is 4.42. The topological polar surface area (TPSA) is 50.8 Å². The zero-order chi connectivity index (χ0) is 20.5. The summed E-state index contributed by atoms with van der Waals surface area (Å²) >= 11 is 6.38. The summed E-state index contributed by atoms with van der Waals surface area (Å²) in [5.74, 6) is 1.56. The second kappa shape index (κ2) is 11.1. The minimum atomic E-state index is 0.0275. The molecule has 0 saturated carbocycles. The van der Waals surface area contributed by atoms with Crippen molar-refractivity contribution in [1.82, 2.24) is 10.2 Å². The van der Waals surface area contributed by atoms with E-state index in [9.17, 15) is 4.79 Å². The molecule has 1 heterocycles. The Bertz CT molecular complexity index is 812. The van der Waals surface area contributed by atoms with E-state index in [0.29, 0.717) is 44.4 Å². The van der Waals surface area contributed by atoms with Gasteiger partial charge in [0.1, 0.15) is 0 Å². The summed E-state index contributed by atoms with van der Waals surface area (Å²) in [5.41, 5.74) is 2.00. The number of nitrogens with one attached hydrogen (secondary N) is 1. The van der Waals surface area contributed by atoms with E-state index in [4.69, 9.17) is 21.1 Å². The normalized spacial score (nSPS) is 16.4. The number of benzene rings is 2. The number of carbonyl (C=O) groups excluding carboxylic acids is 1. The fraction of sp³-hybridized carbons (Fsp3) is 0.435. The third-order valence-electron chi connectivity index (χ3n) is 4.86. The van der Waals surface area contributed by atoms with E-state index in [1.165, 1.54) is 0 Å². The molecule has 2 aromatic rings. The van der Waals surface area contributed by atoms with Crippen LogP contribution in [-0.2, 0) is 17.9 Å². The van der Waals surface area contributed by atoms with Crippen LogP contribution >= 0.6 is 11.6 Å². The molecule has 0 aliphatic carbocycles. The highest BCUT2D eigenvalue weighted by atomic mass is 35.5. The average Bonchev–Trinajstić information content (AvgIpc) is 2.71. The lowest BCUT2D eigenvalue weighted by Gasteiger charge is -2.24. The first-order valence-electron chi connectivity index (χ1n) is 10.3. The fourth-order valence-electron chi connectivity index (χ4n) is 3.46. The van der Waals surface area contributed by atoms with E-state index in [1.54, 1.807) is 0 Å². The Labute approximate surface area is 177 Å². The molecule has 0 radical (unpaired) electrons. The second-order valence-electron chi connectivity index (χ2n) is 7.17. The molecule has 0 saturated heterocycles. The molecule has 156 valence electrons. The fourth-order valence-corrected chi connectivity index (χ4v) is 3.66. The van der Waals surface area contributed by atoms with Crippen LogP contribution in [0, 0.1) is 0 Å². The maximum atomic E-state index is 12.5. The Morgan fingerprint density at radius 1 is 1.10 bits per heavy atom. The zero-order valence-corrected chi connectivity index (χ0v) is 17.7. The summed E-state index contributed by atoms with van der Waals surface area (Å²) in [4.78, 5) is 14.6. The largest absolute Gasteiger partial charge is 0.490 e. The molecule has 0 fully saturated rings. The first kappa shape index (κ1) is 21.5. The molecule has 5 nitrogen and oxygen atoms in total. The van der Waals surface area contributed by atoms with Gasteiger partial charge in [-0.25, -0.2) is 0 Å². The lowest BCUT2D eigenvalue weighted by atomic mass is 10.1. The molecule has 1 N–H and O–H groups in total. The summed E-state index contributed by atoms with van der Waals surface area (Å²) < 4.78 is 12.0. The van der Waals surface area contributed by atoms with Crippen molar-refractivity contribution in [2.75, 3.05) is 26.3 Å². The number of rotatable bonds is 4. The summed E-state index contributed by atoms with van der Waals surface area (Å²) in [6, 6.07) is 13.7. The summed E-state index contributed by atoms with van der Waals surface area (Å²) in [6.07, 6.45) is 2.90. The van der Waals surface area contributed by atoms with Gasteiger partial charge < -0.3 is 14.8 Å². The van der Waals surface area contributed by atoms with Crippen LogP contribution in [-0.4, -0.2) is 37.1 Å². The maximum Gasteiger partial charge on any atom is 0.234 e. The number of ether oxygens (including phenoxy) is 2. The van der Waals surface area contributed by atoms with E-state index in [1.807, 2.05) is 49.4 Å². The van der Waals surface area contributed by atoms with Crippen LogP contribution in [0.25, 0.3) is 0 Å². The van der Waals surface area contributed by atoms with Crippen molar-refractivity contribution in [2.45, 2.75) is 39.3 Å². The van der Waals surface area contributed by atoms with Gasteiger partial charge in [0, 0.05) is 30.2 Å².